The molecule has 10 heteroatoms. The van der Waals surface area contributed by atoms with Crippen molar-refractivity contribution in [3.05, 3.63) is 73.8 Å². The average molecular weight is 524 g/mol. The zero-order valence-electron chi connectivity index (χ0n) is 18.8. The third-order valence-corrected chi connectivity index (χ3v) is 7.44. The van der Waals surface area contributed by atoms with Crippen LogP contribution < -0.4 is 5.32 Å². The number of nitro benzene ring substituents is 1. The molecule has 0 saturated heterocycles. The molecule has 0 radical (unpaired) electrons. The molecule has 0 heterocycles. The molecular formula is C24H27Cl2N3O4S. The Hall–Kier alpha value is -2.29. The summed E-state index contributed by atoms with van der Waals surface area (Å²) in [5, 5.41) is 14.8. The van der Waals surface area contributed by atoms with Gasteiger partial charge in [0, 0.05) is 40.5 Å². The van der Waals surface area contributed by atoms with Crippen LogP contribution in [0.2, 0.25) is 10.0 Å². The number of nitrogens with zero attached hydrogens (tertiary/aromatic N) is 2. The van der Waals surface area contributed by atoms with Crippen LogP contribution in [0, 0.1) is 10.1 Å². The number of carbonyl (C=O) groups excluding carboxylic acids is 2. The predicted molar refractivity (Wildman–Crippen MR) is 136 cm³/mol. The number of rotatable bonds is 10. The fourth-order valence-corrected chi connectivity index (χ4v) is 5.20. The van der Waals surface area contributed by atoms with E-state index in [0.717, 1.165) is 31.2 Å². The lowest BCUT2D eigenvalue weighted by molar-refractivity contribution is -0.384. The average Bonchev–Trinajstić information content (AvgIpc) is 3.31. The number of non-ortho nitro benzene ring substituents is 1. The number of carbonyl (C=O) groups is 2. The van der Waals surface area contributed by atoms with E-state index in [9.17, 15) is 19.7 Å². The van der Waals surface area contributed by atoms with Crippen LogP contribution in [0.3, 0.4) is 0 Å². The van der Waals surface area contributed by atoms with Crippen LogP contribution in [0.5, 0.6) is 0 Å². The van der Waals surface area contributed by atoms with Crippen LogP contribution in [-0.4, -0.2) is 39.5 Å². The number of hydrogen-bond donors (Lipinski definition) is 1. The van der Waals surface area contributed by atoms with Gasteiger partial charge in [0.25, 0.3) is 5.69 Å². The Balaban J connectivity index is 1.67. The minimum atomic E-state index is -0.667. The molecule has 0 aliphatic heterocycles. The monoisotopic (exact) mass is 523 g/mol. The fourth-order valence-electron chi connectivity index (χ4n) is 3.86. The van der Waals surface area contributed by atoms with Gasteiger partial charge < -0.3 is 10.2 Å². The molecule has 1 unspecified atom stereocenters. The molecule has 1 aliphatic rings. The van der Waals surface area contributed by atoms with Crippen molar-refractivity contribution < 1.29 is 14.5 Å². The molecule has 0 aromatic heterocycles. The second-order valence-corrected chi connectivity index (χ2v) is 10.2. The van der Waals surface area contributed by atoms with Gasteiger partial charge in [0.05, 0.1) is 10.7 Å². The van der Waals surface area contributed by atoms with Gasteiger partial charge in [0.1, 0.15) is 6.04 Å². The van der Waals surface area contributed by atoms with Crippen molar-refractivity contribution in [1.29, 1.82) is 0 Å². The molecule has 1 fully saturated rings. The van der Waals surface area contributed by atoms with E-state index >= 15 is 0 Å². The summed E-state index contributed by atoms with van der Waals surface area (Å²) in [7, 11) is 0. The smallest absolute Gasteiger partial charge is 0.269 e. The molecule has 2 amide bonds. The van der Waals surface area contributed by atoms with Gasteiger partial charge in [-0.2, -0.15) is 0 Å². The predicted octanol–water partition coefficient (Wildman–Crippen LogP) is 5.61. The summed E-state index contributed by atoms with van der Waals surface area (Å²) < 4.78 is 0. The summed E-state index contributed by atoms with van der Waals surface area (Å²) in [6.07, 6.45) is 4.12. The SMILES string of the molecule is CC(C(=O)NC1CCCC1)N(Cc1ccc(Cl)cc1Cl)C(=O)CSCc1ccc([N+](=O)[O-])cc1. The molecule has 34 heavy (non-hydrogen) atoms. The highest BCUT2D eigenvalue weighted by Crippen LogP contribution is 2.25. The Morgan fingerprint density at radius 2 is 1.85 bits per heavy atom. The molecule has 2 aromatic rings. The first kappa shape index (κ1) is 26.3. The second kappa shape index (κ2) is 12.4. The minimum Gasteiger partial charge on any atom is -0.352 e. The molecule has 1 saturated carbocycles. The quantitative estimate of drug-likeness (QED) is 0.322. The van der Waals surface area contributed by atoms with E-state index in [-0.39, 0.29) is 35.8 Å². The zero-order valence-corrected chi connectivity index (χ0v) is 21.2. The number of thioether (sulfide) groups is 1. The normalized spacial score (nSPS) is 14.6. The van der Waals surface area contributed by atoms with Crippen LogP contribution in [0.4, 0.5) is 5.69 Å². The van der Waals surface area contributed by atoms with E-state index in [1.807, 2.05) is 0 Å². The van der Waals surface area contributed by atoms with Gasteiger partial charge in [0.2, 0.25) is 11.8 Å². The molecule has 1 atom stereocenters. The van der Waals surface area contributed by atoms with Crippen molar-refractivity contribution >= 4 is 52.5 Å². The summed E-state index contributed by atoms with van der Waals surface area (Å²) in [4.78, 5) is 38.1. The van der Waals surface area contributed by atoms with Crippen molar-refractivity contribution in [2.24, 2.45) is 0 Å². The Kier molecular flexibility index (Phi) is 9.62. The van der Waals surface area contributed by atoms with Crippen LogP contribution >= 0.6 is 35.0 Å². The molecule has 0 bridgehead atoms. The van der Waals surface area contributed by atoms with Crippen molar-refractivity contribution in [3.8, 4) is 0 Å². The largest absolute Gasteiger partial charge is 0.352 e. The maximum Gasteiger partial charge on any atom is 0.269 e. The van der Waals surface area contributed by atoms with E-state index in [1.165, 1.54) is 23.9 Å². The number of hydrogen-bond acceptors (Lipinski definition) is 5. The second-order valence-electron chi connectivity index (χ2n) is 8.34. The highest BCUT2D eigenvalue weighted by atomic mass is 35.5. The summed E-state index contributed by atoms with van der Waals surface area (Å²) in [6.45, 7) is 1.92. The zero-order chi connectivity index (χ0) is 24.7. The summed E-state index contributed by atoms with van der Waals surface area (Å²) in [5.41, 5.74) is 1.61. The van der Waals surface area contributed by atoms with E-state index in [4.69, 9.17) is 23.2 Å². The summed E-state index contributed by atoms with van der Waals surface area (Å²) in [6, 6.07) is 10.8. The Morgan fingerprint density at radius 3 is 2.47 bits per heavy atom. The summed E-state index contributed by atoms with van der Waals surface area (Å²) in [5.74, 6) is 0.309. The van der Waals surface area contributed by atoms with E-state index < -0.39 is 11.0 Å². The molecular weight excluding hydrogens is 497 g/mol. The molecule has 182 valence electrons. The lowest BCUT2D eigenvalue weighted by atomic mass is 10.1. The van der Waals surface area contributed by atoms with E-state index in [1.54, 1.807) is 42.2 Å². The highest BCUT2D eigenvalue weighted by molar-refractivity contribution is 7.99. The highest BCUT2D eigenvalue weighted by Gasteiger charge is 2.28. The Labute approximate surface area is 213 Å². The standard InChI is InChI=1S/C24H27Cl2N3O4S/c1-16(24(31)27-20-4-2-3-5-20)28(13-18-8-9-19(25)12-22(18)26)23(30)15-34-14-17-6-10-21(11-7-17)29(32)33/h6-12,16,20H,2-5,13-15H2,1H3,(H,27,31). The van der Waals surface area contributed by atoms with Crippen molar-refractivity contribution in [2.45, 2.75) is 57.0 Å². The van der Waals surface area contributed by atoms with Gasteiger partial charge in [-0.15, -0.1) is 11.8 Å². The number of nitro groups is 1. The van der Waals surface area contributed by atoms with Gasteiger partial charge in [0.15, 0.2) is 0 Å². The number of amides is 2. The molecule has 0 spiro atoms. The van der Waals surface area contributed by atoms with Crippen molar-refractivity contribution in [3.63, 3.8) is 0 Å². The number of halogens is 2. The fraction of sp³-hybridized carbons (Fsp3) is 0.417. The lowest BCUT2D eigenvalue weighted by Gasteiger charge is -2.30. The van der Waals surface area contributed by atoms with E-state index in [2.05, 4.69) is 5.32 Å². The first-order valence-electron chi connectivity index (χ1n) is 11.1. The topological polar surface area (TPSA) is 92.6 Å². The van der Waals surface area contributed by atoms with E-state index in [0.29, 0.717) is 21.4 Å². The maximum absolute atomic E-state index is 13.2. The number of benzene rings is 2. The number of nitrogens with one attached hydrogen (secondary N) is 1. The Morgan fingerprint density at radius 1 is 1.18 bits per heavy atom. The van der Waals surface area contributed by atoms with Gasteiger partial charge in [-0.25, -0.2) is 0 Å². The molecule has 2 aromatic carbocycles. The van der Waals surface area contributed by atoms with Gasteiger partial charge in [-0.1, -0.05) is 54.2 Å². The Bertz CT molecular complexity index is 1030. The summed E-state index contributed by atoms with van der Waals surface area (Å²) >= 11 is 13.7. The van der Waals surface area contributed by atoms with Gasteiger partial charge in [-0.05, 0) is 43.0 Å². The van der Waals surface area contributed by atoms with Crippen LogP contribution in [-0.2, 0) is 21.9 Å². The maximum atomic E-state index is 13.2. The van der Waals surface area contributed by atoms with Crippen LogP contribution in [0.25, 0.3) is 0 Å². The third kappa shape index (κ3) is 7.35. The minimum absolute atomic E-state index is 0.0259. The van der Waals surface area contributed by atoms with Gasteiger partial charge >= 0.3 is 0 Å². The first-order chi connectivity index (χ1) is 16.2. The molecule has 1 N–H and O–H groups in total. The van der Waals surface area contributed by atoms with Crippen LogP contribution in [0.1, 0.15) is 43.7 Å². The molecule has 7 nitrogen and oxygen atoms in total. The molecule has 1 aliphatic carbocycles. The molecule has 3 rings (SSSR count). The van der Waals surface area contributed by atoms with Crippen molar-refractivity contribution in [2.75, 3.05) is 5.75 Å². The third-order valence-electron chi connectivity index (χ3n) is 5.87. The van der Waals surface area contributed by atoms with Gasteiger partial charge in [-0.3, -0.25) is 19.7 Å². The lowest BCUT2D eigenvalue weighted by Crippen LogP contribution is -2.50. The van der Waals surface area contributed by atoms with Crippen LogP contribution in [0.15, 0.2) is 42.5 Å². The first-order valence-corrected chi connectivity index (χ1v) is 13.0. The van der Waals surface area contributed by atoms with Crippen molar-refractivity contribution in [1.82, 2.24) is 10.2 Å².